The van der Waals surface area contributed by atoms with E-state index in [0.717, 1.165) is 8.66 Å². The summed E-state index contributed by atoms with van der Waals surface area (Å²) < 4.78 is 0.989. The predicted molar refractivity (Wildman–Crippen MR) is 69.7 cm³/mol. The van der Waals surface area contributed by atoms with Gasteiger partial charge < -0.3 is 10.7 Å². The Morgan fingerprint density at radius 1 is 1.56 bits per heavy atom. The molecule has 0 aliphatic carbocycles. The van der Waals surface area contributed by atoms with Crippen molar-refractivity contribution in [2.75, 3.05) is 5.73 Å². The highest BCUT2D eigenvalue weighted by Crippen LogP contribution is 2.28. The maximum absolute atomic E-state index is 11.7. The summed E-state index contributed by atoms with van der Waals surface area (Å²) in [6.07, 6.45) is 0.586. The molecule has 0 saturated carbocycles. The highest BCUT2D eigenvalue weighted by molar-refractivity contribution is 9.11. The van der Waals surface area contributed by atoms with Gasteiger partial charge in [-0.1, -0.05) is 6.92 Å². The molecule has 0 aliphatic rings. The van der Waals surface area contributed by atoms with Gasteiger partial charge in [-0.15, -0.1) is 11.3 Å². The van der Waals surface area contributed by atoms with E-state index in [9.17, 15) is 4.79 Å². The number of anilines is 1. The zero-order valence-corrected chi connectivity index (χ0v) is 11.0. The van der Waals surface area contributed by atoms with Crippen LogP contribution >= 0.6 is 27.3 Å². The lowest BCUT2D eigenvalue weighted by atomic mass is 10.2. The van der Waals surface area contributed by atoms with Crippen molar-refractivity contribution < 1.29 is 0 Å². The van der Waals surface area contributed by atoms with Crippen LogP contribution in [0.25, 0.3) is 10.7 Å². The molecule has 0 aromatic carbocycles. The molecule has 0 spiro atoms. The first-order valence-electron chi connectivity index (χ1n) is 4.76. The SMILES string of the molecule is CCc1c(N)nc(-c2ccc(Br)s2)[nH]c1=O. The fraction of sp³-hybridized carbons (Fsp3) is 0.200. The van der Waals surface area contributed by atoms with Crippen LogP contribution in [0.2, 0.25) is 0 Å². The molecule has 0 saturated heterocycles. The molecule has 0 amide bonds. The number of thiophene rings is 1. The van der Waals surface area contributed by atoms with Crippen molar-refractivity contribution in [2.24, 2.45) is 0 Å². The number of H-pyrrole nitrogens is 1. The number of nitrogens with zero attached hydrogens (tertiary/aromatic N) is 1. The van der Waals surface area contributed by atoms with Gasteiger partial charge in [-0.2, -0.15) is 0 Å². The number of nitrogens with two attached hydrogens (primary N) is 1. The zero-order valence-electron chi connectivity index (χ0n) is 8.58. The Balaban J connectivity index is 2.56. The summed E-state index contributed by atoms with van der Waals surface area (Å²) in [5.41, 5.74) is 6.12. The normalized spacial score (nSPS) is 10.6. The van der Waals surface area contributed by atoms with E-state index in [2.05, 4.69) is 25.9 Å². The average Bonchev–Trinajstić information content (AvgIpc) is 2.64. The Morgan fingerprint density at radius 2 is 2.31 bits per heavy atom. The first-order valence-corrected chi connectivity index (χ1v) is 6.37. The number of nitrogens with one attached hydrogen (secondary N) is 1. The quantitative estimate of drug-likeness (QED) is 0.894. The predicted octanol–water partition coefficient (Wildman–Crippen LogP) is 2.41. The van der Waals surface area contributed by atoms with Crippen molar-refractivity contribution in [1.82, 2.24) is 9.97 Å². The fourth-order valence-electron chi connectivity index (χ4n) is 1.42. The Hall–Kier alpha value is -1.14. The molecule has 4 nitrogen and oxygen atoms in total. The summed E-state index contributed by atoms with van der Waals surface area (Å²) in [6, 6.07) is 3.79. The zero-order chi connectivity index (χ0) is 11.7. The molecule has 2 aromatic heterocycles. The summed E-state index contributed by atoms with van der Waals surface area (Å²) >= 11 is 4.86. The van der Waals surface area contributed by atoms with Crippen LogP contribution in [0.15, 0.2) is 20.7 Å². The van der Waals surface area contributed by atoms with Crippen LogP contribution in [0.1, 0.15) is 12.5 Å². The van der Waals surface area contributed by atoms with E-state index in [-0.39, 0.29) is 5.56 Å². The minimum Gasteiger partial charge on any atom is -0.383 e. The van der Waals surface area contributed by atoms with E-state index in [1.165, 1.54) is 11.3 Å². The molecule has 0 aliphatic heterocycles. The molecule has 6 heteroatoms. The lowest BCUT2D eigenvalue weighted by Gasteiger charge is -2.03. The number of hydrogen-bond acceptors (Lipinski definition) is 4. The minimum absolute atomic E-state index is 0.158. The van der Waals surface area contributed by atoms with Gasteiger partial charge in [-0.25, -0.2) is 4.98 Å². The Kier molecular flexibility index (Phi) is 3.11. The summed E-state index contributed by atoms with van der Waals surface area (Å²) in [5.74, 6) is 0.834. The Labute approximate surface area is 105 Å². The molecular weight excluding hydrogens is 290 g/mol. The topological polar surface area (TPSA) is 71.8 Å². The third-order valence-corrected chi connectivity index (χ3v) is 3.84. The van der Waals surface area contributed by atoms with E-state index >= 15 is 0 Å². The maximum atomic E-state index is 11.7. The van der Waals surface area contributed by atoms with Gasteiger partial charge in [0.25, 0.3) is 5.56 Å². The molecule has 0 unspecified atom stereocenters. The molecule has 3 N–H and O–H groups in total. The van der Waals surface area contributed by atoms with E-state index in [1.807, 2.05) is 19.1 Å². The first kappa shape index (κ1) is 11.3. The van der Waals surface area contributed by atoms with Crippen molar-refractivity contribution >= 4 is 33.1 Å². The van der Waals surface area contributed by atoms with Gasteiger partial charge in [0.05, 0.1) is 14.2 Å². The number of halogens is 1. The lowest BCUT2D eigenvalue weighted by Crippen LogP contribution is -2.17. The van der Waals surface area contributed by atoms with Crippen LogP contribution in [0.5, 0.6) is 0 Å². The van der Waals surface area contributed by atoms with Gasteiger partial charge in [-0.3, -0.25) is 4.79 Å². The van der Waals surface area contributed by atoms with Gasteiger partial charge in [0.2, 0.25) is 0 Å². The summed E-state index contributed by atoms with van der Waals surface area (Å²) in [5, 5.41) is 0. The average molecular weight is 300 g/mol. The monoisotopic (exact) mass is 299 g/mol. The first-order chi connectivity index (χ1) is 7.61. The van der Waals surface area contributed by atoms with Gasteiger partial charge >= 0.3 is 0 Å². The van der Waals surface area contributed by atoms with E-state index in [4.69, 9.17) is 5.73 Å². The Bertz CT molecular complexity index is 576. The molecule has 0 radical (unpaired) electrons. The number of aromatic nitrogens is 2. The second kappa shape index (κ2) is 4.39. The molecular formula is C10H10BrN3OS. The maximum Gasteiger partial charge on any atom is 0.256 e. The van der Waals surface area contributed by atoms with Crippen molar-refractivity contribution in [2.45, 2.75) is 13.3 Å². The third kappa shape index (κ3) is 2.03. The molecule has 16 heavy (non-hydrogen) atoms. The molecule has 0 bridgehead atoms. The molecule has 0 fully saturated rings. The van der Waals surface area contributed by atoms with Gasteiger partial charge in [0.15, 0.2) is 5.82 Å². The van der Waals surface area contributed by atoms with E-state index in [0.29, 0.717) is 23.6 Å². The number of rotatable bonds is 2. The third-order valence-electron chi connectivity index (χ3n) is 2.21. The number of nitrogen functional groups attached to an aromatic ring is 1. The molecule has 84 valence electrons. The van der Waals surface area contributed by atoms with Crippen molar-refractivity contribution in [3.63, 3.8) is 0 Å². The minimum atomic E-state index is -0.158. The standard InChI is InChI=1S/C10H10BrN3OS/c1-2-5-8(12)13-9(14-10(5)15)6-3-4-7(11)16-6/h3-4H,2H2,1H3,(H3,12,13,14,15). The van der Waals surface area contributed by atoms with Crippen LogP contribution < -0.4 is 11.3 Å². The van der Waals surface area contributed by atoms with Crippen LogP contribution in [0.4, 0.5) is 5.82 Å². The van der Waals surface area contributed by atoms with Crippen LogP contribution in [-0.2, 0) is 6.42 Å². The van der Waals surface area contributed by atoms with E-state index in [1.54, 1.807) is 0 Å². The summed E-state index contributed by atoms with van der Waals surface area (Å²) in [6.45, 7) is 1.88. The van der Waals surface area contributed by atoms with Crippen LogP contribution in [0.3, 0.4) is 0 Å². The van der Waals surface area contributed by atoms with Crippen LogP contribution in [-0.4, -0.2) is 9.97 Å². The molecule has 2 aromatic rings. The van der Waals surface area contributed by atoms with Crippen molar-refractivity contribution in [3.05, 3.63) is 31.8 Å². The smallest absolute Gasteiger partial charge is 0.256 e. The van der Waals surface area contributed by atoms with Gasteiger partial charge in [-0.05, 0) is 34.5 Å². The second-order valence-electron chi connectivity index (χ2n) is 3.24. The van der Waals surface area contributed by atoms with E-state index < -0.39 is 0 Å². The number of hydrogen-bond donors (Lipinski definition) is 2. The van der Waals surface area contributed by atoms with Gasteiger partial charge in [0.1, 0.15) is 5.82 Å². The number of aromatic amines is 1. The molecule has 2 heterocycles. The van der Waals surface area contributed by atoms with Crippen LogP contribution in [0, 0.1) is 0 Å². The second-order valence-corrected chi connectivity index (χ2v) is 5.70. The highest BCUT2D eigenvalue weighted by atomic mass is 79.9. The molecule has 0 atom stereocenters. The van der Waals surface area contributed by atoms with Crippen molar-refractivity contribution in [3.8, 4) is 10.7 Å². The largest absolute Gasteiger partial charge is 0.383 e. The molecule has 2 rings (SSSR count). The van der Waals surface area contributed by atoms with Gasteiger partial charge in [0, 0.05) is 0 Å². The summed E-state index contributed by atoms with van der Waals surface area (Å²) in [4.78, 5) is 19.5. The highest BCUT2D eigenvalue weighted by Gasteiger charge is 2.09. The lowest BCUT2D eigenvalue weighted by molar-refractivity contribution is 1.02. The summed E-state index contributed by atoms with van der Waals surface area (Å²) in [7, 11) is 0. The van der Waals surface area contributed by atoms with Crippen molar-refractivity contribution in [1.29, 1.82) is 0 Å². The fourth-order valence-corrected chi connectivity index (χ4v) is 2.75. The Morgan fingerprint density at radius 3 is 2.81 bits per heavy atom.